The number of benzene rings is 3. The number of hydrogen-bond donors (Lipinski definition) is 0. The van der Waals surface area contributed by atoms with E-state index in [1.807, 2.05) is 48.7 Å². The Morgan fingerprint density at radius 1 is 0.912 bits per heavy atom. The average Bonchev–Trinajstić information content (AvgIpc) is 3.33. The Bertz CT molecular complexity index is 1380. The molecular formula is C27H21FN2O3S. The monoisotopic (exact) mass is 472 g/mol. The molecule has 0 unspecified atom stereocenters. The molecule has 7 heteroatoms. The van der Waals surface area contributed by atoms with Crippen molar-refractivity contribution in [1.82, 2.24) is 9.47 Å². The molecule has 1 aliphatic rings. The maximum Gasteiger partial charge on any atom is 0.293 e. The fourth-order valence-corrected chi connectivity index (χ4v) is 4.78. The van der Waals surface area contributed by atoms with Gasteiger partial charge >= 0.3 is 0 Å². The minimum atomic E-state index is -0.353. The molecule has 1 aromatic heterocycles. The molecule has 0 atom stereocenters. The van der Waals surface area contributed by atoms with Crippen LogP contribution in [0, 0.1) is 5.82 Å². The van der Waals surface area contributed by atoms with Gasteiger partial charge in [-0.25, -0.2) is 4.39 Å². The molecule has 1 aliphatic heterocycles. The molecule has 5 rings (SSSR count). The van der Waals surface area contributed by atoms with Gasteiger partial charge in [0.2, 0.25) is 0 Å². The van der Waals surface area contributed by atoms with E-state index in [9.17, 15) is 14.0 Å². The zero-order chi connectivity index (χ0) is 23.5. The van der Waals surface area contributed by atoms with Crippen LogP contribution in [-0.4, -0.2) is 33.8 Å². The number of hydrogen-bond acceptors (Lipinski definition) is 4. The van der Waals surface area contributed by atoms with E-state index in [1.165, 1.54) is 34.7 Å². The molecule has 2 heterocycles. The summed E-state index contributed by atoms with van der Waals surface area (Å²) in [5.41, 5.74) is 3.13. The van der Waals surface area contributed by atoms with Crippen LogP contribution in [0.3, 0.4) is 0 Å². The number of carbonyl (C=O) groups is 2. The number of imide groups is 1. The summed E-state index contributed by atoms with van der Waals surface area (Å²) < 4.78 is 20.7. The summed E-state index contributed by atoms with van der Waals surface area (Å²) in [5.74, 6) is -0.207. The number of rotatable bonds is 7. The van der Waals surface area contributed by atoms with E-state index < -0.39 is 0 Å². The first-order valence-corrected chi connectivity index (χ1v) is 11.7. The van der Waals surface area contributed by atoms with Gasteiger partial charge in [-0.2, -0.15) is 0 Å². The lowest BCUT2D eigenvalue weighted by molar-refractivity contribution is -0.123. The highest BCUT2D eigenvalue weighted by molar-refractivity contribution is 8.18. The predicted molar refractivity (Wildman–Crippen MR) is 132 cm³/mol. The second kappa shape index (κ2) is 9.57. The first kappa shape index (κ1) is 22.0. The zero-order valence-corrected chi connectivity index (χ0v) is 19.0. The number of nitrogens with zero attached hydrogens (tertiary/aromatic N) is 2. The number of aromatic nitrogens is 1. The molecule has 0 bridgehead atoms. The highest BCUT2D eigenvalue weighted by Gasteiger charge is 2.35. The molecule has 1 saturated heterocycles. The lowest BCUT2D eigenvalue weighted by Gasteiger charge is -2.13. The Labute approximate surface area is 200 Å². The smallest absolute Gasteiger partial charge is 0.293 e. The molecular weight excluding hydrogens is 451 g/mol. The van der Waals surface area contributed by atoms with Crippen LogP contribution in [0.2, 0.25) is 0 Å². The van der Waals surface area contributed by atoms with Gasteiger partial charge in [0.1, 0.15) is 18.2 Å². The number of amides is 2. The van der Waals surface area contributed by atoms with Crippen molar-refractivity contribution >= 4 is 39.9 Å². The van der Waals surface area contributed by atoms with Gasteiger partial charge in [-0.05, 0) is 53.7 Å². The lowest BCUT2D eigenvalue weighted by atomic mass is 10.1. The molecule has 0 aliphatic carbocycles. The molecule has 3 aromatic carbocycles. The molecule has 34 heavy (non-hydrogen) atoms. The standard InChI is InChI=1S/C27H21FN2O3S/c28-21-10-12-22(13-11-21)33-15-14-30-26(31)25(34-27(30)32)16-20-18-29(17-19-6-2-1-3-7-19)24-9-5-4-8-23(20)24/h1-13,16,18H,14-15,17H2/b25-16-. The van der Waals surface area contributed by atoms with E-state index in [0.29, 0.717) is 17.2 Å². The van der Waals surface area contributed by atoms with Crippen molar-refractivity contribution in [2.45, 2.75) is 6.54 Å². The average molecular weight is 473 g/mol. The molecule has 0 spiro atoms. The fourth-order valence-electron chi connectivity index (χ4n) is 3.92. The molecule has 0 N–H and O–H groups in total. The normalized spacial score (nSPS) is 15.0. The second-order valence-electron chi connectivity index (χ2n) is 7.85. The summed E-state index contributed by atoms with van der Waals surface area (Å²) in [6.07, 6.45) is 3.80. The summed E-state index contributed by atoms with van der Waals surface area (Å²) in [4.78, 5) is 27.0. The van der Waals surface area contributed by atoms with Crippen molar-refractivity contribution in [2.75, 3.05) is 13.2 Å². The van der Waals surface area contributed by atoms with Crippen molar-refractivity contribution in [1.29, 1.82) is 0 Å². The van der Waals surface area contributed by atoms with Gasteiger partial charge in [0.15, 0.2) is 0 Å². The van der Waals surface area contributed by atoms with Gasteiger partial charge < -0.3 is 9.30 Å². The first-order chi connectivity index (χ1) is 16.6. The Morgan fingerprint density at radius 2 is 1.65 bits per heavy atom. The largest absolute Gasteiger partial charge is 0.492 e. The summed E-state index contributed by atoms with van der Waals surface area (Å²) >= 11 is 0.931. The molecule has 4 aromatic rings. The SMILES string of the molecule is O=C1S/C(=C\c2cn(Cc3ccccc3)c3ccccc23)C(=O)N1CCOc1ccc(F)cc1. The third kappa shape index (κ3) is 4.61. The topological polar surface area (TPSA) is 51.5 Å². The maximum atomic E-state index is 13.0. The summed E-state index contributed by atoms with van der Waals surface area (Å²) in [6, 6.07) is 23.8. The van der Waals surface area contributed by atoms with Gasteiger partial charge in [-0.15, -0.1) is 0 Å². The van der Waals surface area contributed by atoms with Gasteiger partial charge in [-0.3, -0.25) is 14.5 Å². The van der Waals surface area contributed by atoms with Gasteiger partial charge in [0, 0.05) is 29.2 Å². The van der Waals surface area contributed by atoms with Crippen molar-refractivity contribution < 1.29 is 18.7 Å². The van der Waals surface area contributed by atoms with Crippen LogP contribution in [0.4, 0.5) is 9.18 Å². The van der Waals surface area contributed by atoms with Crippen LogP contribution >= 0.6 is 11.8 Å². The highest BCUT2D eigenvalue weighted by atomic mass is 32.2. The number of halogens is 1. The van der Waals surface area contributed by atoms with E-state index in [-0.39, 0.29) is 30.1 Å². The number of para-hydroxylation sites is 1. The third-order valence-electron chi connectivity index (χ3n) is 5.57. The van der Waals surface area contributed by atoms with Crippen molar-refractivity contribution in [3.63, 3.8) is 0 Å². The Kier molecular flexibility index (Phi) is 6.18. The number of ether oxygens (including phenoxy) is 1. The van der Waals surface area contributed by atoms with E-state index in [1.54, 1.807) is 6.08 Å². The predicted octanol–water partition coefficient (Wildman–Crippen LogP) is 5.94. The van der Waals surface area contributed by atoms with E-state index in [0.717, 1.165) is 28.2 Å². The van der Waals surface area contributed by atoms with E-state index in [2.05, 4.69) is 16.7 Å². The van der Waals surface area contributed by atoms with Gasteiger partial charge in [0.25, 0.3) is 11.1 Å². The Hall–Kier alpha value is -3.84. The van der Waals surface area contributed by atoms with Crippen molar-refractivity contribution in [3.05, 3.63) is 107 Å². The lowest BCUT2D eigenvalue weighted by Crippen LogP contribution is -2.32. The second-order valence-corrected chi connectivity index (χ2v) is 8.84. The molecule has 5 nitrogen and oxygen atoms in total. The number of thioether (sulfide) groups is 1. The Morgan fingerprint density at radius 3 is 2.44 bits per heavy atom. The minimum absolute atomic E-state index is 0.120. The zero-order valence-electron chi connectivity index (χ0n) is 18.2. The molecule has 1 fully saturated rings. The summed E-state index contributed by atoms with van der Waals surface area (Å²) in [5, 5.41) is 0.692. The summed E-state index contributed by atoms with van der Waals surface area (Å²) in [6.45, 7) is 0.958. The number of fused-ring (bicyclic) bond motifs is 1. The summed E-state index contributed by atoms with van der Waals surface area (Å²) in [7, 11) is 0. The maximum absolute atomic E-state index is 13.0. The fraction of sp³-hybridized carbons (Fsp3) is 0.111. The van der Waals surface area contributed by atoms with Crippen molar-refractivity contribution in [2.24, 2.45) is 0 Å². The van der Waals surface area contributed by atoms with Crippen LogP contribution in [0.1, 0.15) is 11.1 Å². The van der Waals surface area contributed by atoms with E-state index >= 15 is 0 Å². The third-order valence-corrected chi connectivity index (χ3v) is 6.48. The minimum Gasteiger partial charge on any atom is -0.492 e. The van der Waals surface area contributed by atoms with Crippen LogP contribution in [-0.2, 0) is 11.3 Å². The first-order valence-electron chi connectivity index (χ1n) is 10.8. The van der Waals surface area contributed by atoms with Crippen molar-refractivity contribution in [3.8, 4) is 5.75 Å². The van der Waals surface area contributed by atoms with Gasteiger partial charge in [0.05, 0.1) is 11.4 Å². The highest BCUT2D eigenvalue weighted by Crippen LogP contribution is 2.34. The quantitative estimate of drug-likeness (QED) is 0.312. The molecule has 0 radical (unpaired) electrons. The Balaban J connectivity index is 1.34. The van der Waals surface area contributed by atoms with Gasteiger partial charge in [-0.1, -0.05) is 48.5 Å². The van der Waals surface area contributed by atoms with Crippen LogP contribution in [0.25, 0.3) is 17.0 Å². The molecule has 170 valence electrons. The molecule has 0 saturated carbocycles. The number of carbonyl (C=O) groups excluding carboxylic acids is 2. The molecule has 2 amide bonds. The van der Waals surface area contributed by atoms with Crippen LogP contribution < -0.4 is 4.74 Å². The van der Waals surface area contributed by atoms with E-state index in [4.69, 9.17) is 4.74 Å². The van der Waals surface area contributed by atoms with Crippen LogP contribution in [0.15, 0.2) is 90.0 Å². The van der Waals surface area contributed by atoms with Crippen LogP contribution in [0.5, 0.6) is 5.75 Å².